The summed E-state index contributed by atoms with van der Waals surface area (Å²) in [5.41, 5.74) is 9.69. The van der Waals surface area contributed by atoms with Crippen LogP contribution in [-0.4, -0.2) is 30.6 Å². The Bertz CT molecular complexity index is 393. The molecular formula is C18H30N2. The SMILES string of the molecule is CC(C)(C)CC(N)CCN1CCc2ccccc2CC1. The van der Waals surface area contributed by atoms with E-state index in [1.165, 1.54) is 37.1 Å². The highest BCUT2D eigenvalue weighted by Crippen LogP contribution is 2.21. The summed E-state index contributed by atoms with van der Waals surface area (Å²) in [6, 6.07) is 9.22. The van der Waals surface area contributed by atoms with E-state index in [-0.39, 0.29) is 0 Å². The minimum Gasteiger partial charge on any atom is -0.328 e. The molecule has 0 radical (unpaired) electrons. The van der Waals surface area contributed by atoms with Crippen LogP contribution >= 0.6 is 0 Å². The van der Waals surface area contributed by atoms with Crippen LogP contribution in [0.4, 0.5) is 0 Å². The Morgan fingerprint density at radius 2 is 1.65 bits per heavy atom. The third-order valence-corrected chi connectivity index (χ3v) is 4.20. The van der Waals surface area contributed by atoms with Crippen molar-refractivity contribution >= 4 is 0 Å². The van der Waals surface area contributed by atoms with E-state index in [9.17, 15) is 0 Å². The van der Waals surface area contributed by atoms with E-state index >= 15 is 0 Å². The third kappa shape index (κ3) is 4.92. The maximum atomic E-state index is 6.27. The lowest BCUT2D eigenvalue weighted by atomic mass is 9.87. The quantitative estimate of drug-likeness (QED) is 0.913. The van der Waals surface area contributed by atoms with E-state index in [1.54, 1.807) is 0 Å². The highest BCUT2D eigenvalue weighted by molar-refractivity contribution is 5.28. The molecule has 1 aromatic rings. The second-order valence-electron chi connectivity index (χ2n) is 7.42. The first kappa shape index (κ1) is 15.5. The lowest BCUT2D eigenvalue weighted by Crippen LogP contribution is -2.34. The van der Waals surface area contributed by atoms with Crippen molar-refractivity contribution in [1.29, 1.82) is 0 Å². The highest BCUT2D eigenvalue weighted by Gasteiger charge is 2.18. The Labute approximate surface area is 124 Å². The summed E-state index contributed by atoms with van der Waals surface area (Å²) in [6.45, 7) is 10.3. The monoisotopic (exact) mass is 274 g/mol. The number of fused-ring (bicyclic) bond motifs is 1. The normalized spacial score (nSPS) is 18.4. The van der Waals surface area contributed by atoms with Gasteiger partial charge in [-0.3, -0.25) is 0 Å². The molecule has 1 aliphatic heterocycles. The summed E-state index contributed by atoms with van der Waals surface area (Å²) in [5, 5.41) is 0. The van der Waals surface area contributed by atoms with Gasteiger partial charge in [0.15, 0.2) is 0 Å². The van der Waals surface area contributed by atoms with Crippen molar-refractivity contribution < 1.29 is 0 Å². The Morgan fingerprint density at radius 3 is 2.15 bits per heavy atom. The van der Waals surface area contributed by atoms with E-state index in [2.05, 4.69) is 49.9 Å². The summed E-state index contributed by atoms with van der Waals surface area (Å²) in [4.78, 5) is 2.59. The Balaban J connectivity index is 1.79. The van der Waals surface area contributed by atoms with Gasteiger partial charge in [0, 0.05) is 19.1 Å². The maximum absolute atomic E-state index is 6.27. The summed E-state index contributed by atoms with van der Waals surface area (Å²) in [6.07, 6.45) is 4.60. The van der Waals surface area contributed by atoms with E-state index in [4.69, 9.17) is 5.73 Å². The lowest BCUT2D eigenvalue weighted by Gasteiger charge is -2.26. The van der Waals surface area contributed by atoms with Crippen LogP contribution in [0.3, 0.4) is 0 Å². The van der Waals surface area contributed by atoms with E-state index in [0.717, 1.165) is 19.4 Å². The Hall–Kier alpha value is -0.860. The molecule has 0 saturated heterocycles. The molecule has 1 unspecified atom stereocenters. The maximum Gasteiger partial charge on any atom is 0.00559 e. The van der Waals surface area contributed by atoms with Gasteiger partial charge in [-0.1, -0.05) is 45.0 Å². The highest BCUT2D eigenvalue weighted by atomic mass is 15.1. The second kappa shape index (κ2) is 6.73. The van der Waals surface area contributed by atoms with Crippen LogP contribution in [0.1, 0.15) is 44.7 Å². The average molecular weight is 274 g/mol. The molecule has 2 heteroatoms. The summed E-state index contributed by atoms with van der Waals surface area (Å²) in [7, 11) is 0. The first-order valence-corrected chi connectivity index (χ1v) is 7.99. The zero-order valence-electron chi connectivity index (χ0n) is 13.4. The van der Waals surface area contributed by atoms with Gasteiger partial charge in [-0.2, -0.15) is 0 Å². The van der Waals surface area contributed by atoms with Crippen molar-refractivity contribution in [2.75, 3.05) is 19.6 Å². The molecule has 2 rings (SSSR count). The van der Waals surface area contributed by atoms with Crippen molar-refractivity contribution in [2.45, 2.75) is 52.5 Å². The van der Waals surface area contributed by atoms with Gasteiger partial charge >= 0.3 is 0 Å². The molecule has 112 valence electrons. The second-order valence-corrected chi connectivity index (χ2v) is 7.42. The molecule has 0 aliphatic carbocycles. The molecule has 20 heavy (non-hydrogen) atoms. The van der Waals surface area contributed by atoms with Gasteiger partial charge in [-0.25, -0.2) is 0 Å². The fourth-order valence-electron chi connectivity index (χ4n) is 3.17. The predicted molar refractivity (Wildman–Crippen MR) is 87.0 cm³/mol. The van der Waals surface area contributed by atoms with Crippen molar-refractivity contribution in [3.05, 3.63) is 35.4 Å². The van der Waals surface area contributed by atoms with Gasteiger partial charge in [0.2, 0.25) is 0 Å². The van der Waals surface area contributed by atoms with Gasteiger partial charge in [0.25, 0.3) is 0 Å². The number of hydrogen-bond acceptors (Lipinski definition) is 2. The van der Waals surface area contributed by atoms with E-state index in [1.807, 2.05) is 0 Å². The van der Waals surface area contributed by atoms with Crippen LogP contribution in [0, 0.1) is 5.41 Å². The molecule has 0 bridgehead atoms. The van der Waals surface area contributed by atoms with Gasteiger partial charge < -0.3 is 10.6 Å². The molecule has 0 saturated carbocycles. The molecular weight excluding hydrogens is 244 g/mol. The molecule has 1 atom stereocenters. The number of hydrogen-bond donors (Lipinski definition) is 1. The largest absolute Gasteiger partial charge is 0.328 e. The van der Waals surface area contributed by atoms with Crippen molar-refractivity contribution in [2.24, 2.45) is 11.1 Å². The van der Waals surface area contributed by atoms with Crippen LogP contribution in [0.5, 0.6) is 0 Å². The Morgan fingerprint density at radius 1 is 1.10 bits per heavy atom. The molecule has 1 aliphatic rings. The molecule has 2 nitrogen and oxygen atoms in total. The summed E-state index contributed by atoms with van der Waals surface area (Å²) >= 11 is 0. The van der Waals surface area contributed by atoms with Gasteiger partial charge in [-0.05, 0) is 48.8 Å². The number of benzene rings is 1. The Kier molecular flexibility index (Phi) is 5.22. The summed E-state index contributed by atoms with van der Waals surface area (Å²) in [5.74, 6) is 0. The first-order valence-electron chi connectivity index (χ1n) is 7.99. The molecule has 0 aromatic heterocycles. The lowest BCUT2D eigenvalue weighted by molar-refractivity contribution is 0.255. The minimum absolute atomic E-state index is 0.334. The van der Waals surface area contributed by atoms with Gasteiger partial charge in [0.1, 0.15) is 0 Å². The topological polar surface area (TPSA) is 29.3 Å². The molecule has 0 spiro atoms. The predicted octanol–water partition coefficient (Wildman–Crippen LogP) is 3.24. The average Bonchev–Trinajstić information content (AvgIpc) is 2.57. The van der Waals surface area contributed by atoms with Crippen LogP contribution in [-0.2, 0) is 12.8 Å². The fourth-order valence-corrected chi connectivity index (χ4v) is 3.17. The molecule has 2 N–H and O–H groups in total. The number of rotatable bonds is 4. The van der Waals surface area contributed by atoms with Gasteiger partial charge in [-0.15, -0.1) is 0 Å². The smallest absolute Gasteiger partial charge is 0.00559 e. The molecule has 1 heterocycles. The first-order chi connectivity index (χ1) is 9.44. The molecule has 0 fully saturated rings. The van der Waals surface area contributed by atoms with Crippen LogP contribution in [0.15, 0.2) is 24.3 Å². The van der Waals surface area contributed by atoms with Crippen molar-refractivity contribution in [3.63, 3.8) is 0 Å². The summed E-state index contributed by atoms with van der Waals surface area (Å²) < 4.78 is 0. The number of nitrogens with two attached hydrogens (primary N) is 1. The minimum atomic E-state index is 0.334. The van der Waals surface area contributed by atoms with Gasteiger partial charge in [0.05, 0.1) is 0 Å². The van der Waals surface area contributed by atoms with E-state index < -0.39 is 0 Å². The number of nitrogens with zero attached hydrogens (tertiary/aromatic N) is 1. The van der Waals surface area contributed by atoms with Crippen molar-refractivity contribution in [3.8, 4) is 0 Å². The fraction of sp³-hybridized carbons (Fsp3) is 0.667. The molecule has 1 aromatic carbocycles. The van der Waals surface area contributed by atoms with Crippen LogP contribution in [0.25, 0.3) is 0 Å². The third-order valence-electron chi connectivity index (χ3n) is 4.20. The zero-order valence-corrected chi connectivity index (χ0v) is 13.4. The standard InChI is InChI=1S/C18H30N2/c1-18(2,3)14-17(19)10-13-20-11-8-15-6-4-5-7-16(15)9-12-20/h4-7,17H,8-14,19H2,1-3H3. The van der Waals surface area contributed by atoms with Crippen LogP contribution < -0.4 is 5.73 Å². The van der Waals surface area contributed by atoms with Crippen molar-refractivity contribution in [1.82, 2.24) is 4.90 Å². The zero-order chi connectivity index (χ0) is 14.6. The van der Waals surface area contributed by atoms with E-state index in [0.29, 0.717) is 11.5 Å². The van der Waals surface area contributed by atoms with Crippen LogP contribution in [0.2, 0.25) is 0 Å². The molecule has 0 amide bonds.